The lowest BCUT2D eigenvalue weighted by Crippen LogP contribution is -2.45. The minimum atomic E-state index is -3.78. The molecule has 0 aromatic carbocycles. The summed E-state index contributed by atoms with van der Waals surface area (Å²) in [6, 6.07) is 3.03. The number of sulfonamides is 1. The normalized spacial score (nSPS) is 18.7. The average Bonchev–Trinajstić information content (AvgIpc) is 2.34. The Labute approximate surface area is 94.2 Å². The number of amides is 1. The largest absolute Gasteiger partial charge is 0.285 e. The molecule has 0 radical (unpaired) electrons. The number of hydrogen-bond donors (Lipinski definition) is 0. The molecule has 0 aliphatic carbocycles. The third-order valence-corrected chi connectivity index (χ3v) is 4.29. The first-order valence-electron chi connectivity index (χ1n) is 4.81. The van der Waals surface area contributed by atoms with Crippen LogP contribution in [-0.4, -0.2) is 29.2 Å². The molecule has 0 saturated carbocycles. The molecule has 0 N–H and O–H groups in total. The molecule has 1 aliphatic heterocycles. The fourth-order valence-electron chi connectivity index (χ4n) is 1.73. The van der Waals surface area contributed by atoms with Gasteiger partial charge in [0.25, 0.3) is 15.9 Å². The molecule has 1 aromatic rings. The Hall–Kier alpha value is -1.43. The zero-order valence-corrected chi connectivity index (χ0v) is 10.1. The van der Waals surface area contributed by atoms with E-state index in [1.54, 1.807) is 26.8 Å². The van der Waals surface area contributed by atoms with Crippen LogP contribution >= 0.6 is 0 Å². The summed E-state index contributed by atoms with van der Waals surface area (Å²) in [7, 11) is -3.78. The number of nitrogens with zero attached hydrogens (tertiary/aromatic N) is 2. The summed E-state index contributed by atoms with van der Waals surface area (Å²) >= 11 is 0. The molecule has 0 fully saturated rings. The number of rotatable bonds is 0. The first kappa shape index (κ1) is 11.1. The monoisotopic (exact) mass is 240 g/mol. The summed E-state index contributed by atoms with van der Waals surface area (Å²) in [5.41, 5.74) is -0.631. The van der Waals surface area contributed by atoms with Gasteiger partial charge in [0.2, 0.25) is 0 Å². The third kappa shape index (κ3) is 1.33. The summed E-state index contributed by atoms with van der Waals surface area (Å²) < 4.78 is 25.1. The van der Waals surface area contributed by atoms with E-state index in [1.807, 2.05) is 0 Å². The van der Waals surface area contributed by atoms with E-state index in [0.717, 1.165) is 4.31 Å². The second kappa shape index (κ2) is 3.04. The smallest absolute Gasteiger partial charge is 0.268 e. The van der Waals surface area contributed by atoms with E-state index >= 15 is 0 Å². The predicted octanol–water partition coefficient (Wildman–Crippen LogP) is 1.02. The van der Waals surface area contributed by atoms with Crippen molar-refractivity contribution in [2.45, 2.75) is 31.3 Å². The number of hydrogen-bond acceptors (Lipinski definition) is 4. The fourth-order valence-corrected chi connectivity index (χ4v) is 3.57. The Balaban J connectivity index is 2.73. The molecule has 6 heteroatoms. The van der Waals surface area contributed by atoms with Crippen molar-refractivity contribution < 1.29 is 13.2 Å². The molecule has 0 atom stereocenters. The van der Waals surface area contributed by atoms with Crippen molar-refractivity contribution in [2.75, 3.05) is 0 Å². The van der Waals surface area contributed by atoms with E-state index in [9.17, 15) is 13.2 Å². The molecule has 0 bridgehead atoms. The topological polar surface area (TPSA) is 67.3 Å². The van der Waals surface area contributed by atoms with Crippen LogP contribution in [0.25, 0.3) is 0 Å². The second-order valence-corrected chi connectivity index (χ2v) is 6.30. The highest BCUT2D eigenvalue weighted by atomic mass is 32.2. The van der Waals surface area contributed by atoms with Gasteiger partial charge >= 0.3 is 0 Å². The number of aromatic nitrogens is 1. The van der Waals surface area contributed by atoms with Gasteiger partial charge in [-0.2, -0.15) is 8.42 Å². The Morgan fingerprint density at radius 2 is 1.94 bits per heavy atom. The number of carbonyl (C=O) groups is 1. The van der Waals surface area contributed by atoms with E-state index in [-0.39, 0.29) is 10.6 Å². The predicted molar refractivity (Wildman–Crippen MR) is 57.3 cm³/mol. The highest BCUT2D eigenvalue weighted by Crippen LogP contribution is 2.33. The quantitative estimate of drug-likeness (QED) is 0.679. The maximum Gasteiger partial charge on any atom is 0.285 e. The van der Waals surface area contributed by atoms with Crippen molar-refractivity contribution in [3.63, 3.8) is 0 Å². The first-order chi connectivity index (χ1) is 7.26. The molecule has 1 amide bonds. The van der Waals surface area contributed by atoms with Gasteiger partial charge in [-0.15, -0.1) is 0 Å². The zero-order valence-electron chi connectivity index (χ0n) is 9.26. The van der Waals surface area contributed by atoms with Gasteiger partial charge in [0.05, 0.1) is 11.1 Å². The van der Waals surface area contributed by atoms with Crippen LogP contribution in [-0.2, 0) is 10.0 Å². The van der Waals surface area contributed by atoms with Gasteiger partial charge in [-0.3, -0.25) is 4.79 Å². The van der Waals surface area contributed by atoms with Crippen molar-refractivity contribution in [2.24, 2.45) is 0 Å². The molecular weight excluding hydrogens is 228 g/mol. The summed E-state index contributed by atoms with van der Waals surface area (Å²) in [5, 5.41) is -0.144. The van der Waals surface area contributed by atoms with E-state index in [1.165, 1.54) is 12.3 Å². The summed E-state index contributed by atoms with van der Waals surface area (Å²) in [6.07, 6.45) is 1.37. The molecule has 0 spiro atoms. The Morgan fingerprint density at radius 3 is 2.44 bits per heavy atom. The van der Waals surface area contributed by atoms with Crippen LogP contribution in [0, 0.1) is 0 Å². The molecule has 2 rings (SSSR count). The lowest BCUT2D eigenvalue weighted by Gasteiger charge is -2.29. The Bertz CT molecular complexity index is 558. The number of fused-ring (bicyclic) bond motifs is 1. The summed E-state index contributed by atoms with van der Waals surface area (Å²) in [5.74, 6) is -0.504. The van der Waals surface area contributed by atoms with Gasteiger partial charge < -0.3 is 0 Å². The lowest BCUT2D eigenvalue weighted by atomic mass is 10.1. The highest BCUT2D eigenvalue weighted by Gasteiger charge is 2.47. The van der Waals surface area contributed by atoms with Gasteiger partial charge in [0, 0.05) is 6.20 Å². The van der Waals surface area contributed by atoms with Gasteiger partial charge in [-0.1, -0.05) is 0 Å². The fraction of sp³-hybridized carbons (Fsp3) is 0.400. The van der Waals surface area contributed by atoms with E-state index < -0.39 is 21.5 Å². The van der Waals surface area contributed by atoms with Crippen LogP contribution in [0.15, 0.2) is 23.4 Å². The van der Waals surface area contributed by atoms with Gasteiger partial charge in [0.15, 0.2) is 5.03 Å². The van der Waals surface area contributed by atoms with E-state index in [4.69, 9.17) is 0 Å². The van der Waals surface area contributed by atoms with Crippen molar-refractivity contribution >= 4 is 15.9 Å². The van der Waals surface area contributed by atoms with Gasteiger partial charge in [-0.05, 0) is 32.9 Å². The van der Waals surface area contributed by atoms with Crippen molar-refractivity contribution in [1.82, 2.24) is 9.29 Å². The second-order valence-electron chi connectivity index (χ2n) is 4.60. The number of pyridine rings is 1. The van der Waals surface area contributed by atoms with Crippen LogP contribution in [0.2, 0.25) is 0 Å². The maximum absolute atomic E-state index is 12.1. The van der Waals surface area contributed by atoms with Crippen molar-refractivity contribution in [3.8, 4) is 0 Å². The minimum absolute atomic E-state index is 0.144. The Kier molecular flexibility index (Phi) is 2.10. The van der Waals surface area contributed by atoms with Gasteiger partial charge in [0.1, 0.15) is 0 Å². The molecule has 1 aliphatic rings. The molecule has 86 valence electrons. The maximum atomic E-state index is 12.1. The first-order valence-corrected chi connectivity index (χ1v) is 6.25. The number of carbonyl (C=O) groups excluding carboxylic acids is 1. The molecule has 16 heavy (non-hydrogen) atoms. The van der Waals surface area contributed by atoms with Gasteiger partial charge in [-0.25, -0.2) is 9.29 Å². The molecular formula is C10H12N2O3S. The molecule has 0 unspecified atom stereocenters. The summed E-state index contributed by atoms with van der Waals surface area (Å²) in [6.45, 7) is 5.02. The van der Waals surface area contributed by atoms with Crippen LogP contribution in [0.5, 0.6) is 0 Å². The molecule has 5 nitrogen and oxygen atoms in total. The summed E-state index contributed by atoms with van der Waals surface area (Å²) in [4.78, 5) is 15.7. The van der Waals surface area contributed by atoms with Crippen LogP contribution in [0.1, 0.15) is 31.1 Å². The van der Waals surface area contributed by atoms with E-state index in [2.05, 4.69) is 4.98 Å². The Morgan fingerprint density at radius 1 is 1.31 bits per heavy atom. The molecule has 2 heterocycles. The SMILES string of the molecule is CC(C)(C)N1C(=O)c2cccnc2S1(=O)=O. The average molecular weight is 240 g/mol. The lowest BCUT2D eigenvalue weighted by molar-refractivity contribution is 0.0787. The van der Waals surface area contributed by atoms with Crippen molar-refractivity contribution in [1.29, 1.82) is 0 Å². The molecule has 0 saturated heterocycles. The zero-order chi connectivity index (χ0) is 12.1. The van der Waals surface area contributed by atoms with Crippen LogP contribution in [0.3, 0.4) is 0 Å². The van der Waals surface area contributed by atoms with Crippen LogP contribution < -0.4 is 0 Å². The van der Waals surface area contributed by atoms with Crippen molar-refractivity contribution in [3.05, 3.63) is 23.9 Å². The van der Waals surface area contributed by atoms with Crippen LogP contribution in [0.4, 0.5) is 0 Å². The molecule has 1 aromatic heterocycles. The minimum Gasteiger partial charge on any atom is -0.268 e. The van der Waals surface area contributed by atoms with E-state index in [0.29, 0.717) is 0 Å². The standard InChI is InChI=1S/C10H12N2O3S/c1-10(2,3)12-9(13)7-5-4-6-11-8(7)16(12,14)15/h4-6H,1-3H3. The highest BCUT2D eigenvalue weighted by molar-refractivity contribution is 7.90. The third-order valence-electron chi connectivity index (χ3n) is 2.28.